The second kappa shape index (κ2) is 6.28. The summed E-state index contributed by atoms with van der Waals surface area (Å²) in [6.07, 6.45) is 0.365. The van der Waals surface area contributed by atoms with Gasteiger partial charge in [0.1, 0.15) is 5.75 Å². The number of methoxy groups -OCH3 is 2. The van der Waals surface area contributed by atoms with Gasteiger partial charge in [-0.05, 0) is 31.0 Å². The average molecular weight is 251 g/mol. The highest BCUT2D eigenvalue weighted by atomic mass is 16.5. The zero-order valence-corrected chi connectivity index (χ0v) is 11.7. The van der Waals surface area contributed by atoms with Crippen molar-refractivity contribution >= 4 is 11.7 Å². The number of esters is 1. The maximum absolute atomic E-state index is 11.2. The van der Waals surface area contributed by atoms with Crippen molar-refractivity contribution in [2.75, 3.05) is 32.7 Å². The van der Waals surface area contributed by atoms with Gasteiger partial charge in [0, 0.05) is 13.6 Å². The van der Waals surface area contributed by atoms with Gasteiger partial charge in [-0.15, -0.1) is 0 Å². The standard InChI is InChI=1S/C14H21NO3/c1-10-8-11(2)14(12(9-10)17-4)15(3)7-6-13(16)18-5/h8-9H,6-7H2,1-5H3. The number of carbonyl (C=O) groups is 1. The number of hydrogen-bond donors (Lipinski definition) is 0. The summed E-state index contributed by atoms with van der Waals surface area (Å²) in [6, 6.07) is 4.10. The third-order valence-corrected chi connectivity index (χ3v) is 2.89. The maximum Gasteiger partial charge on any atom is 0.307 e. The van der Waals surface area contributed by atoms with Crippen LogP contribution in [0.1, 0.15) is 17.5 Å². The fourth-order valence-electron chi connectivity index (χ4n) is 2.04. The minimum atomic E-state index is -0.203. The van der Waals surface area contributed by atoms with Gasteiger partial charge in [-0.1, -0.05) is 6.07 Å². The van der Waals surface area contributed by atoms with Gasteiger partial charge in [0.05, 0.1) is 26.3 Å². The Hall–Kier alpha value is -1.71. The first-order valence-corrected chi connectivity index (χ1v) is 5.92. The van der Waals surface area contributed by atoms with Gasteiger partial charge in [-0.2, -0.15) is 0 Å². The number of benzene rings is 1. The molecule has 0 aliphatic rings. The highest BCUT2D eigenvalue weighted by Crippen LogP contribution is 2.32. The number of anilines is 1. The Morgan fingerprint density at radius 1 is 1.28 bits per heavy atom. The molecule has 100 valence electrons. The predicted octanol–water partition coefficient (Wildman–Crippen LogP) is 2.31. The Bertz CT molecular complexity index is 429. The summed E-state index contributed by atoms with van der Waals surface area (Å²) in [7, 11) is 5.01. The molecule has 4 nitrogen and oxygen atoms in total. The van der Waals surface area contributed by atoms with Crippen molar-refractivity contribution in [1.82, 2.24) is 0 Å². The van der Waals surface area contributed by atoms with E-state index in [1.807, 2.05) is 31.9 Å². The number of rotatable bonds is 5. The Morgan fingerprint density at radius 2 is 1.94 bits per heavy atom. The molecule has 0 radical (unpaired) electrons. The van der Waals surface area contributed by atoms with Gasteiger partial charge in [-0.3, -0.25) is 4.79 Å². The van der Waals surface area contributed by atoms with Crippen LogP contribution in [0.15, 0.2) is 12.1 Å². The van der Waals surface area contributed by atoms with Crippen LogP contribution in [0.25, 0.3) is 0 Å². The summed E-state index contributed by atoms with van der Waals surface area (Å²) in [5.41, 5.74) is 3.32. The Kier molecular flexibility index (Phi) is 5.01. The summed E-state index contributed by atoms with van der Waals surface area (Å²) >= 11 is 0. The summed E-state index contributed by atoms with van der Waals surface area (Å²) in [6.45, 7) is 4.68. The van der Waals surface area contributed by atoms with Crippen LogP contribution in [0.3, 0.4) is 0 Å². The molecule has 0 fully saturated rings. The van der Waals surface area contributed by atoms with Crippen molar-refractivity contribution in [2.24, 2.45) is 0 Å². The molecule has 0 aromatic heterocycles. The first kappa shape index (κ1) is 14.4. The van der Waals surface area contributed by atoms with Crippen LogP contribution in [0.2, 0.25) is 0 Å². The first-order chi connectivity index (χ1) is 8.49. The molecule has 4 heteroatoms. The van der Waals surface area contributed by atoms with Crippen LogP contribution in [0.5, 0.6) is 5.75 Å². The van der Waals surface area contributed by atoms with Crippen LogP contribution < -0.4 is 9.64 Å². The molecular weight excluding hydrogens is 230 g/mol. The van der Waals surface area contributed by atoms with Crippen molar-refractivity contribution in [2.45, 2.75) is 20.3 Å². The molecule has 18 heavy (non-hydrogen) atoms. The van der Waals surface area contributed by atoms with E-state index in [9.17, 15) is 4.79 Å². The molecule has 0 amide bonds. The molecule has 0 saturated heterocycles. The predicted molar refractivity (Wildman–Crippen MR) is 72.4 cm³/mol. The molecule has 1 aromatic carbocycles. The lowest BCUT2D eigenvalue weighted by Gasteiger charge is -2.24. The average Bonchev–Trinajstić information content (AvgIpc) is 2.34. The molecule has 0 spiro atoms. The van der Waals surface area contributed by atoms with Crippen molar-refractivity contribution in [3.05, 3.63) is 23.3 Å². The second-order valence-corrected chi connectivity index (χ2v) is 4.38. The summed E-state index contributed by atoms with van der Waals surface area (Å²) in [4.78, 5) is 13.2. The van der Waals surface area contributed by atoms with Gasteiger partial charge < -0.3 is 14.4 Å². The summed E-state index contributed by atoms with van der Waals surface area (Å²) in [5, 5.41) is 0. The maximum atomic E-state index is 11.2. The second-order valence-electron chi connectivity index (χ2n) is 4.38. The van der Waals surface area contributed by atoms with Gasteiger partial charge in [-0.25, -0.2) is 0 Å². The van der Waals surface area contributed by atoms with Gasteiger partial charge in [0.25, 0.3) is 0 Å². The number of nitrogens with zero attached hydrogens (tertiary/aromatic N) is 1. The van der Waals surface area contributed by atoms with Crippen molar-refractivity contribution < 1.29 is 14.3 Å². The minimum absolute atomic E-state index is 0.203. The van der Waals surface area contributed by atoms with Crippen molar-refractivity contribution in [3.63, 3.8) is 0 Å². The topological polar surface area (TPSA) is 38.8 Å². The first-order valence-electron chi connectivity index (χ1n) is 5.92. The highest BCUT2D eigenvalue weighted by molar-refractivity contribution is 5.71. The molecule has 0 saturated carbocycles. The normalized spacial score (nSPS) is 10.1. The molecular formula is C14H21NO3. The van der Waals surface area contributed by atoms with Crippen LogP contribution in [0, 0.1) is 13.8 Å². The lowest BCUT2D eigenvalue weighted by Crippen LogP contribution is -2.23. The van der Waals surface area contributed by atoms with E-state index in [0.29, 0.717) is 13.0 Å². The Balaban J connectivity index is 2.90. The van der Waals surface area contributed by atoms with E-state index in [-0.39, 0.29) is 5.97 Å². The minimum Gasteiger partial charge on any atom is -0.495 e. The van der Waals surface area contributed by atoms with Crippen LogP contribution >= 0.6 is 0 Å². The van der Waals surface area contributed by atoms with Gasteiger partial charge in [0.2, 0.25) is 0 Å². The molecule has 0 N–H and O–H groups in total. The lowest BCUT2D eigenvalue weighted by atomic mass is 10.1. The molecule has 0 bridgehead atoms. The van der Waals surface area contributed by atoms with Crippen molar-refractivity contribution in [3.8, 4) is 5.75 Å². The van der Waals surface area contributed by atoms with E-state index in [1.165, 1.54) is 7.11 Å². The zero-order valence-electron chi connectivity index (χ0n) is 11.7. The lowest BCUT2D eigenvalue weighted by molar-refractivity contribution is -0.140. The summed E-state index contributed by atoms with van der Waals surface area (Å²) in [5.74, 6) is 0.630. The molecule has 0 aliphatic carbocycles. The third kappa shape index (κ3) is 3.39. The quantitative estimate of drug-likeness (QED) is 0.753. The molecule has 0 unspecified atom stereocenters. The van der Waals surface area contributed by atoms with E-state index in [0.717, 1.165) is 22.6 Å². The van der Waals surface area contributed by atoms with E-state index in [2.05, 4.69) is 10.8 Å². The van der Waals surface area contributed by atoms with E-state index >= 15 is 0 Å². The third-order valence-electron chi connectivity index (χ3n) is 2.89. The smallest absolute Gasteiger partial charge is 0.307 e. The Labute approximate surface area is 108 Å². The SMILES string of the molecule is COC(=O)CCN(C)c1c(C)cc(C)cc1OC. The number of carbonyl (C=O) groups excluding carboxylic acids is 1. The van der Waals surface area contributed by atoms with E-state index in [4.69, 9.17) is 4.74 Å². The van der Waals surface area contributed by atoms with Crippen LogP contribution in [-0.2, 0) is 9.53 Å². The highest BCUT2D eigenvalue weighted by Gasteiger charge is 2.13. The Morgan fingerprint density at radius 3 is 2.50 bits per heavy atom. The van der Waals surface area contributed by atoms with Gasteiger partial charge >= 0.3 is 5.97 Å². The van der Waals surface area contributed by atoms with Gasteiger partial charge in [0.15, 0.2) is 0 Å². The number of hydrogen-bond acceptors (Lipinski definition) is 4. The zero-order chi connectivity index (χ0) is 13.7. The monoisotopic (exact) mass is 251 g/mol. The molecule has 1 rings (SSSR count). The molecule has 1 aromatic rings. The molecule has 0 atom stereocenters. The van der Waals surface area contributed by atoms with Crippen molar-refractivity contribution in [1.29, 1.82) is 0 Å². The van der Waals surface area contributed by atoms with E-state index < -0.39 is 0 Å². The summed E-state index contributed by atoms with van der Waals surface area (Å²) < 4.78 is 10.0. The van der Waals surface area contributed by atoms with Crippen LogP contribution in [-0.4, -0.2) is 33.8 Å². The fraction of sp³-hybridized carbons (Fsp3) is 0.500. The van der Waals surface area contributed by atoms with E-state index in [1.54, 1.807) is 7.11 Å². The largest absolute Gasteiger partial charge is 0.495 e. The van der Waals surface area contributed by atoms with Crippen LogP contribution in [0.4, 0.5) is 5.69 Å². The fourth-order valence-corrected chi connectivity index (χ4v) is 2.04. The molecule has 0 heterocycles. The molecule has 0 aliphatic heterocycles. The number of aryl methyl sites for hydroxylation is 2. The number of ether oxygens (including phenoxy) is 2.